The molecule has 3 atom stereocenters. The molecule has 4 aliphatic rings. The Morgan fingerprint density at radius 1 is 1.15 bits per heavy atom. The Bertz CT molecular complexity index is 1230. The SMILES string of the molecule is CCC1([C@H]2NC(=O)C[C@@H](c3cccc(Cl)c3)[C@]23C(=O)N(C(=O)O)c2cc(C4CC4)ccc23)CC1. The number of carbonyl (C=O) groups excluding carboxylic acids is 2. The van der Waals surface area contributed by atoms with Crippen molar-refractivity contribution in [2.45, 2.75) is 68.7 Å². The van der Waals surface area contributed by atoms with Gasteiger partial charge < -0.3 is 10.4 Å². The van der Waals surface area contributed by atoms with Gasteiger partial charge in [-0.25, -0.2) is 9.69 Å². The van der Waals surface area contributed by atoms with Gasteiger partial charge in [0.15, 0.2) is 0 Å². The smallest absolute Gasteiger partial charge is 0.418 e. The molecular weight excluding hydrogens is 452 g/mol. The molecular formula is C27H27ClN2O4. The molecule has 2 saturated carbocycles. The van der Waals surface area contributed by atoms with E-state index in [1.165, 1.54) is 0 Å². The van der Waals surface area contributed by atoms with Gasteiger partial charge in [0, 0.05) is 17.4 Å². The molecule has 2 N–H and O–H groups in total. The van der Waals surface area contributed by atoms with Gasteiger partial charge in [0.25, 0.3) is 0 Å². The molecule has 1 spiro atoms. The number of hydrogen-bond acceptors (Lipinski definition) is 3. The fourth-order valence-corrected chi connectivity index (χ4v) is 6.80. The van der Waals surface area contributed by atoms with Crippen LogP contribution in [0.15, 0.2) is 42.5 Å². The third kappa shape index (κ3) is 2.90. The molecule has 7 heteroatoms. The molecule has 2 aromatic rings. The first-order valence-electron chi connectivity index (χ1n) is 12.1. The normalized spacial score (nSPS) is 29.2. The molecule has 0 unspecified atom stereocenters. The number of amides is 3. The van der Waals surface area contributed by atoms with Gasteiger partial charge in [0.1, 0.15) is 5.41 Å². The van der Waals surface area contributed by atoms with Gasteiger partial charge in [-0.3, -0.25) is 9.59 Å². The monoisotopic (exact) mass is 478 g/mol. The van der Waals surface area contributed by atoms with Crippen LogP contribution in [0.2, 0.25) is 5.02 Å². The number of fused-ring (bicyclic) bond motifs is 2. The van der Waals surface area contributed by atoms with Crippen LogP contribution in [0, 0.1) is 5.41 Å². The summed E-state index contributed by atoms with van der Waals surface area (Å²) in [5, 5.41) is 13.9. The Kier molecular flexibility index (Phi) is 4.66. The number of nitrogens with one attached hydrogen (secondary N) is 1. The number of benzene rings is 2. The van der Waals surface area contributed by atoms with Crippen LogP contribution in [-0.2, 0) is 15.0 Å². The second kappa shape index (κ2) is 7.32. The molecule has 6 nitrogen and oxygen atoms in total. The first-order valence-corrected chi connectivity index (χ1v) is 12.5. The number of halogens is 1. The van der Waals surface area contributed by atoms with Crippen molar-refractivity contribution < 1.29 is 19.5 Å². The van der Waals surface area contributed by atoms with Crippen molar-refractivity contribution >= 4 is 35.2 Å². The summed E-state index contributed by atoms with van der Waals surface area (Å²) >= 11 is 6.35. The average molecular weight is 479 g/mol. The highest BCUT2D eigenvalue weighted by atomic mass is 35.5. The Morgan fingerprint density at radius 2 is 1.91 bits per heavy atom. The van der Waals surface area contributed by atoms with Crippen LogP contribution in [0.25, 0.3) is 0 Å². The van der Waals surface area contributed by atoms with Gasteiger partial charge in [-0.15, -0.1) is 0 Å². The predicted octanol–water partition coefficient (Wildman–Crippen LogP) is 5.34. The number of carbonyl (C=O) groups is 3. The molecule has 1 saturated heterocycles. The minimum absolute atomic E-state index is 0.0969. The zero-order chi connectivity index (χ0) is 23.8. The van der Waals surface area contributed by atoms with Crippen molar-refractivity contribution in [1.82, 2.24) is 5.32 Å². The van der Waals surface area contributed by atoms with E-state index in [1.54, 1.807) is 6.07 Å². The maximum Gasteiger partial charge on any atom is 0.418 e. The van der Waals surface area contributed by atoms with Crippen molar-refractivity contribution in [3.8, 4) is 0 Å². The van der Waals surface area contributed by atoms with Crippen molar-refractivity contribution in [3.63, 3.8) is 0 Å². The summed E-state index contributed by atoms with van der Waals surface area (Å²) in [6, 6.07) is 12.7. The fraction of sp³-hybridized carbons (Fsp3) is 0.444. The lowest BCUT2D eigenvalue weighted by Crippen LogP contribution is -2.66. The van der Waals surface area contributed by atoms with E-state index >= 15 is 0 Å². The molecule has 0 radical (unpaired) electrons. The lowest BCUT2D eigenvalue weighted by Gasteiger charge is -2.49. The fourth-order valence-electron chi connectivity index (χ4n) is 6.60. The van der Waals surface area contributed by atoms with E-state index in [4.69, 9.17) is 11.6 Å². The number of nitrogens with zero attached hydrogens (tertiary/aromatic N) is 1. The summed E-state index contributed by atoms with van der Waals surface area (Å²) in [6.07, 6.45) is 3.57. The van der Waals surface area contributed by atoms with Gasteiger partial charge in [-0.2, -0.15) is 0 Å². The minimum atomic E-state index is -1.28. The van der Waals surface area contributed by atoms with Gasteiger partial charge in [0.2, 0.25) is 11.8 Å². The van der Waals surface area contributed by atoms with Crippen LogP contribution in [0.1, 0.15) is 74.0 Å². The van der Waals surface area contributed by atoms with Gasteiger partial charge >= 0.3 is 6.09 Å². The molecule has 34 heavy (non-hydrogen) atoms. The second-order valence-electron chi connectivity index (χ2n) is 10.4. The van der Waals surface area contributed by atoms with E-state index in [0.29, 0.717) is 22.2 Å². The van der Waals surface area contributed by atoms with E-state index in [1.807, 2.05) is 36.4 Å². The summed E-state index contributed by atoms with van der Waals surface area (Å²) in [7, 11) is 0. The van der Waals surface area contributed by atoms with E-state index in [0.717, 1.165) is 48.1 Å². The van der Waals surface area contributed by atoms with E-state index in [9.17, 15) is 19.5 Å². The number of imide groups is 1. The number of anilines is 1. The summed E-state index contributed by atoms with van der Waals surface area (Å²) < 4.78 is 0. The first kappa shape index (κ1) is 21.7. The third-order valence-corrected chi connectivity index (χ3v) is 8.90. The average Bonchev–Trinajstić information content (AvgIpc) is 3.73. The Hall–Kier alpha value is -2.86. The quantitative estimate of drug-likeness (QED) is 0.620. The highest BCUT2D eigenvalue weighted by molar-refractivity contribution is 6.30. The molecule has 3 fully saturated rings. The lowest BCUT2D eigenvalue weighted by atomic mass is 9.57. The largest absolute Gasteiger partial charge is 0.464 e. The molecule has 2 aromatic carbocycles. The van der Waals surface area contributed by atoms with E-state index in [2.05, 4.69) is 12.2 Å². The standard InChI is InChI=1S/C27H27ClN2O4/c1-2-26(10-11-26)23-27(20(14-22(31)29-23)17-4-3-5-18(28)12-17)19-9-8-16(15-6-7-15)13-21(19)30(24(27)32)25(33)34/h3-5,8-9,12-13,15,20,23H,2,6-7,10-11,14H2,1H3,(H,29,31)(H,33,34)/t20-,23+,27-/m0/s1. The van der Waals surface area contributed by atoms with Crippen molar-refractivity contribution in [1.29, 1.82) is 0 Å². The minimum Gasteiger partial charge on any atom is -0.464 e. The Morgan fingerprint density at radius 3 is 2.53 bits per heavy atom. The van der Waals surface area contributed by atoms with Gasteiger partial charge in [-0.05, 0) is 78.3 Å². The topological polar surface area (TPSA) is 86.7 Å². The Labute approximate surface area is 203 Å². The number of carboxylic acid groups (broad SMARTS) is 1. The second-order valence-corrected chi connectivity index (χ2v) is 10.8. The summed E-state index contributed by atoms with van der Waals surface area (Å²) in [5.41, 5.74) is 1.57. The van der Waals surface area contributed by atoms with Crippen LogP contribution in [-0.4, -0.2) is 29.1 Å². The Balaban J connectivity index is 1.64. The molecule has 2 heterocycles. The lowest BCUT2D eigenvalue weighted by molar-refractivity contribution is -0.134. The van der Waals surface area contributed by atoms with Crippen molar-refractivity contribution in [2.75, 3.05) is 4.90 Å². The predicted molar refractivity (Wildman–Crippen MR) is 128 cm³/mol. The molecule has 176 valence electrons. The van der Waals surface area contributed by atoms with Crippen molar-refractivity contribution in [2.24, 2.45) is 5.41 Å². The third-order valence-electron chi connectivity index (χ3n) is 8.66. The van der Waals surface area contributed by atoms with Crippen LogP contribution < -0.4 is 10.2 Å². The van der Waals surface area contributed by atoms with Crippen LogP contribution >= 0.6 is 11.6 Å². The molecule has 0 bridgehead atoms. The van der Waals surface area contributed by atoms with E-state index in [-0.39, 0.29) is 17.7 Å². The molecule has 3 amide bonds. The van der Waals surface area contributed by atoms with Crippen molar-refractivity contribution in [3.05, 3.63) is 64.2 Å². The van der Waals surface area contributed by atoms with Crippen LogP contribution in [0.4, 0.5) is 10.5 Å². The highest BCUT2D eigenvalue weighted by Gasteiger charge is 2.70. The number of piperidine rings is 1. The van der Waals surface area contributed by atoms with Gasteiger partial charge in [0.05, 0.1) is 11.7 Å². The summed E-state index contributed by atoms with van der Waals surface area (Å²) in [6.45, 7) is 2.08. The van der Waals surface area contributed by atoms with Gasteiger partial charge in [-0.1, -0.05) is 42.8 Å². The molecule has 2 aliphatic carbocycles. The zero-order valence-corrected chi connectivity index (χ0v) is 19.8. The molecule has 2 aliphatic heterocycles. The summed E-state index contributed by atoms with van der Waals surface area (Å²) in [4.78, 5) is 40.9. The number of rotatable bonds is 4. The molecule has 0 aromatic heterocycles. The molecule has 6 rings (SSSR count). The van der Waals surface area contributed by atoms with E-state index < -0.39 is 29.4 Å². The first-order chi connectivity index (χ1) is 16.3. The zero-order valence-electron chi connectivity index (χ0n) is 19.0. The van der Waals surface area contributed by atoms with Crippen LogP contribution in [0.5, 0.6) is 0 Å². The number of hydrogen-bond donors (Lipinski definition) is 2. The maximum atomic E-state index is 14.4. The maximum absolute atomic E-state index is 14.4. The van der Waals surface area contributed by atoms with Crippen LogP contribution in [0.3, 0.4) is 0 Å². The highest BCUT2D eigenvalue weighted by Crippen LogP contribution is 2.64. The summed E-state index contributed by atoms with van der Waals surface area (Å²) in [5.74, 6) is -0.671.